The smallest absolute Gasteiger partial charge is 0.227 e. The molecule has 2 aliphatic rings. The number of halogens is 1. The third kappa shape index (κ3) is 4.76. The Morgan fingerprint density at radius 1 is 1.24 bits per heavy atom. The predicted molar refractivity (Wildman–Crippen MR) is 91.7 cm³/mol. The minimum absolute atomic E-state index is 0.0834. The summed E-state index contributed by atoms with van der Waals surface area (Å²) in [6.45, 7) is 5.33. The van der Waals surface area contributed by atoms with Gasteiger partial charge < -0.3 is 15.0 Å². The second-order valence-electron chi connectivity index (χ2n) is 6.48. The number of morpholine rings is 1. The molecular formula is C18H24FN3O3. The molecule has 0 bridgehead atoms. The number of hydrogen-bond donors (Lipinski definition) is 1. The van der Waals surface area contributed by atoms with Gasteiger partial charge >= 0.3 is 0 Å². The molecule has 2 aliphatic heterocycles. The zero-order valence-electron chi connectivity index (χ0n) is 14.2. The largest absolute Gasteiger partial charge is 0.379 e. The summed E-state index contributed by atoms with van der Waals surface area (Å²) in [7, 11) is 0. The summed E-state index contributed by atoms with van der Waals surface area (Å²) >= 11 is 0. The van der Waals surface area contributed by atoms with Gasteiger partial charge in [0.2, 0.25) is 11.8 Å². The molecule has 2 amide bonds. The molecule has 0 radical (unpaired) electrons. The zero-order chi connectivity index (χ0) is 17.6. The number of hydrogen-bond acceptors (Lipinski definition) is 4. The Hall–Kier alpha value is -1.99. The minimum Gasteiger partial charge on any atom is -0.379 e. The van der Waals surface area contributed by atoms with Crippen LogP contribution in [0.2, 0.25) is 0 Å². The van der Waals surface area contributed by atoms with E-state index in [1.54, 1.807) is 17.0 Å². The van der Waals surface area contributed by atoms with Gasteiger partial charge in [0.15, 0.2) is 0 Å². The van der Waals surface area contributed by atoms with E-state index in [2.05, 4.69) is 10.2 Å². The molecule has 1 N–H and O–H groups in total. The highest BCUT2D eigenvalue weighted by atomic mass is 19.1. The van der Waals surface area contributed by atoms with Crippen LogP contribution in [0.15, 0.2) is 24.3 Å². The highest BCUT2D eigenvalue weighted by molar-refractivity contribution is 6.00. The molecule has 7 heteroatoms. The molecule has 25 heavy (non-hydrogen) atoms. The summed E-state index contributed by atoms with van der Waals surface area (Å²) in [5, 5.41) is 2.93. The maximum atomic E-state index is 13.0. The molecule has 136 valence electrons. The van der Waals surface area contributed by atoms with Crippen molar-refractivity contribution in [3.05, 3.63) is 30.1 Å². The van der Waals surface area contributed by atoms with Crippen molar-refractivity contribution in [2.45, 2.75) is 12.8 Å². The molecule has 1 atom stereocenters. The summed E-state index contributed by atoms with van der Waals surface area (Å²) in [5.74, 6) is -0.870. The number of amides is 2. The third-order valence-electron chi connectivity index (χ3n) is 4.69. The van der Waals surface area contributed by atoms with Gasteiger partial charge in [-0.15, -0.1) is 0 Å². The van der Waals surface area contributed by atoms with Crippen LogP contribution in [0.3, 0.4) is 0 Å². The van der Waals surface area contributed by atoms with Crippen LogP contribution in [-0.4, -0.2) is 62.7 Å². The Balaban J connectivity index is 1.42. The molecule has 1 aromatic rings. The normalized spacial score (nSPS) is 21.6. The lowest BCUT2D eigenvalue weighted by Gasteiger charge is -2.26. The molecule has 0 spiro atoms. The Morgan fingerprint density at radius 2 is 1.96 bits per heavy atom. The number of carbonyl (C=O) groups excluding carboxylic acids is 2. The lowest BCUT2D eigenvalue weighted by atomic mass is 10.1. The van der Waals surface area contributed by atoms with Crippen LogP contribution < -0.4 is 10.2 Å². The van der Waals surface area contributed by atoms with Crippen molar-refractivity contribution in [3.63, 3.8) is 0 Å². The first-order valence-corrected chi connectivity index (χ1v) is 8.77. The van der Waals surface area contributed by atoms with Crippen molar-refractivity contribution in [2.24, 2.45) is 5.92 Å². The van der Waals surface area contributed by atoms with Crippen LogP contribution in [0.4, 0.5) is 10.1 Å². The average molecular weight is 349 g/mol. The SMILES string of the molecule is O=C(NCCCN1CCOCC1)C1CC(=O)N(c2ccc(F)cc2)C1. The number of nitrogens with zero attached hydrogens (tertiary/aromatic N) is 2. The van der Waals surface area contributed by atoms with Gasteiger partial charge in [-0.25, -0.2) is 4.39 Å². The van der Waals surface area contributed by atoms with E-state index >= 15 is 0 Å². The molecule has 0 aromatic heterocycles. The summed E-state index contributed by atoms with van der Waals surface area (Å²) in [6, 6.07) is 5.77. The van der Waals surface area contributed by atoms with Crippen molar-refractivity contribution >= 4 is 17.5 Å². The van der Waals surface area contributed by atoms with Crippen LogP contribution in [0.1, 0.15) is 12.8 Å². The van der Waals surface area contributed by atoms with Crippen molar-refractivity contribution in [3.8, 4) is 0 Å². The fraction of sp³-hybridized carbons (Fsp3) is 0.556. The predicted octanol–water partition coefficient (Wildman–Crippen LogP) is 1.02. The van der Waals surface area contributed by atoms with Gasteiger partial charge in [0.1, 0.15) is 5.82 Å². The quantitative estimate of drug-likeness (QED) is 0.779. The summed E-state index contributed by atoms with van der Waals surface area (Å²) in [5.41, 5.74) is 0.633. The zero-order valence-corrected chi connectivity index (χ0v) is 14.2. The topological polar surface area (TPSA) is 61.9 Å². The standard InChI is InChI=1S/C18H24FN3O3/c19-15-2-4-16(5-3-15)22-13-14(12-17(22)23)18(24)20-6-1-7-21-8-10-25-11-9-21/h2-5,14H,1,6-13H2,(H,20,24). The van der Waals surface area contributed by atoms with E-state index in [-0.39, 0.29) is 30.0 Å². The Kier molecular flexibility index (Phi) is 5.99. The molecule has 6 nitrogen and oxygen atoms in total. The Bertz CT molecular complexity index is 602. The monoisotopic (exact) mass is 349 g/mol. The highest BCUT2D eigenvalue weighted by Crippen LogP contribution is 2.25. The number of ether oxygens (including phenoxy) is 1. The summed E-state index contributed by atoms with van der Waals surface area (Å²) < 4.78 is 18.3. The first kappa shape index (κ1) is 17.8. The van der Waals surface area contributed by atoms with Crippen molar-refractivity contribution in [1.82, 2.24) is 10.2 Å². The van der Waals surface area contributed by atoms with Crippen LogP contribution in [-0.2, 0) is 14.3 Å². The molecule has 2 saturated heterocycles. The molecule has 2 heterocycles. The molecule has 1 aromatic carbocycles. The number of benzene rings is 1. The summed E-state index contributed by atoms with van der Waals surface area (Å²) in [4.78, 5) is 28.3. The molecule has 0 aliphatic carbocycles. The molecule has 3 rings (SSSR count). The van der Waals surface area contributed by atoms with Gasteiger partial charge in [-0.3, -0.25) is 14.5 Å². The number of carbonyl (C=O) groups is 2. The number of nitrogens with one attached hydrogen (secondary N) is 1. The summed E-state index contributed by atoms with van der Waals surface area (Å²) in [6.07, 6.45) is 1.08. The van der Waals surface area contributed by atoms with E-state index < -0.39 is 0 Å². The van der Waals surface area contributed by atoms with Crippen LogP contribution >= 0.6 is 0 Å². The fourth-order valence-corrected chi connectivity index (χ4v) is 3.24. The van der Waals surface area contributed by atoms with Gasteiger partial charge in [0, 0.05) is 38.3 Å². The second-order valence-corrected chi connectivity index (χ2v) is 6.48. The van der Waals surface area contributed by atoms with Gasteiger partial charge in [0.05, 0.1) is 19.1 Å². The van der Waals surface area contributed by atoms with Gasteiger partial charge in [-0.05, 0) is 37.2 Å². The molecule has 0 saturated carbocycles. The average Bonchev–Trinajstić information content (AvgIpc) is 3.02. The van der Waals surface area contributed by atoms with E-state index in [4.69, 9.17) is 4.74 Å². The third-order valence-corrected chi connectivity index (χ3v) is 4.69. The van der Waals surface area contributed by atoms with Gasteiger partial charge in [0.25, 0.3) is 0 Å². The number of anilines is 1. The first-order chi connectivity index (χ1) is 12.1. The Morgan fingerprint density at radius 3 is 2.68 bits per heavy atom. The molecule has 1 unspecified atom stereocenters. The van der Waals surface area contributed by atoms with E-state index in [9.17, 15) is 14.0 Å². The van der Waals surface area contributed by atoms with E-state index in [0.717, 1.165) is 39.3 Å². The highest BCUT2D eigenvalue weighted by Gasteiger charge is 2.34. The lowest BCUT2D eigenvalue weighted by molar-refractivity contribution is -0.126. The van der Waals surface area contributed by atoms with Crippen molar-refractivity contribution < 1.29 is 18.7 Å². The minimum atomic E-state index is -0.346. The molecule has 2 fully saturated rings. The fourth-order valence-electron chi connectivity index (χ4n) is 3.24. The van der Waals surface area contributed by atoms with Crippen LogP contribution in [0, 0.1) is 11.7 Å². The lowest BCUT2D eigenvalue weighted by Crippen LogP contribution is -2.39. The van der Waals surface area contributed by atoms with E-state index in [0.29, 0.717) is 18.8 Å². The van der Waals surface area contributed by atoms with E-state index in [1.165, 1.54) is 12.1 Å². The van der Waals surface area contributed by atoms with Crippen LogP contribution in [0.25, 0.3) is 0 Å². The van der Waals surface area contributed by atoms with Gasteiger partial charge in [-0.2, -0.15) is 0 Å². The van der Waals surface area contributed by atoms with E-state index in [1.807, 2.05) is 0 Å². The van der Waals surface area contributed by atoms with Crippen molar-refractivity contribution in [2.75, 3.05) is 50.8 Å². The second kappa shape index (κ2) is 8.40. The number of rotatable bonds is 6. The maximum Gasteiger partial charge on any atom is 0.227 e. The Labute approximate surface area is 146 Å². The molecular weight excluding hydrogens is 325 g/mol. The van der Waals surface area contributed by atoms with Crippen LogP contribution in [0.5, 0.6) is 0 Å². The first-order valence-electron chi connectivity index (χ1n) is 8.77. The van der Waals surface area contributed by atoms with Crippen molar-refractivity contribution in [1.29, 1.82) is 0 Å². The maximum absolute atomic E-state index is 13.0. The van der Waals surface area contributed by atoms with Gasteiger partial charge in [-0.1, -0.05) is 0 Å².